The zero-order chi connectivity index (χ0) is 31.3. The summed E-state index contributed by atoms with van der Waals surface area (Å²) in [5, 5.41) is 7.53. The Bertz CT molecular complexity index is 2320. The van der Waals surface area contributed by atoms with Gasteiger partial charge in [0.05, 0.1) is 5.69 Å². The molecule has 2 bridgehead atoms. The minimum absolute atomic E-state index is 0.0749. The Balaban J connectivity index is 1.27. The van der Waals surface area contributed by atoms with Crippen LogP contribution < -0.4 is 0 Å². The average molecular weight is 606 g/mol. The molecule has 47 heavy (non-hydrogen) atoms. The Labute approximate surface area is 277 Å². The molecule has 5 unspecified atom stereocenters. The van der Waals surface area contributed by atoms with Gasteiger partial charge in [-0.05, 0) is 122 Å². The van der Waals surface area contributed by atoms with Gasteiger partial charge in [0.15, 0.2) is 0 Å². The van der Waals surface area contributed by atoms with Crippen molar-refractivity contribution in [3.8, 4) is 33.5 Å². The molecule has 0 radical (unpaired) electrons. The van der Waals surface area contributed by atoms with Crippen LogP contribution in [0.15, 0.2) is 128 Å². The van der Waals surface area contributed by atoms with Crippen molar-refractivity contribution in [3.05, 3.63) is 139 Å². The number of benzene rings is 6. The summed E-state index contributed by atoms with van der Waals surface area (Å²) in [6, 6.07) is 45.8. The van der Waals surface area contributed by atoms with Crippen LogP contribution in [-0.4, -0.2) is 4.98 Å². The van der Waals surface area contributed by atoms with Crippen molar-refractivity contribution < 1.29 is 0 Å². The maximum absolute atomic E-state index is 5.05. The molecule has 1 heteroatoms. The first-order chi connectivity index (χ1) is 23.1. The Morgan fingerprint density at radius 2 is 1.19 bits per heavy atom. The van der Waals surface area contributed by atoms with E-state index in [1.54, 1.807) is 11.1 Å². The SMILES string of the molecule is CC1CC2CC(C)C3(c4ccccc4-c4ccc(-c5c6ccccc6c(-c6nccc7ccccc67)c6ccccc56)cc43)C(C1)C2. The van der Waals surface area contributed by atoms with Crippen LogP contribution in [0.4, 0.5) is 0 Å². The van der Waals surface area contributed by atoms with E-state index in [1.165, 1.54) is 85.8 Å². The van der Waals surface area contributed by atoms with Crippen LogP contribution in [0.2, 0.25) is 0 Å². The molecule has 10 rings (SSSR count). The first-order valence-corrected chi connectivity index (χ1v) is 17.6. The summed E-state index contributed by atoms with van der Waals surface area (Å²) in [7, 11) is 0. The van der Waals surface area contributed by atoms with Crippen LogP contribution >= 0.6 is 0 Å². The molecular formula is C46H39N. The molecule has 3 aliphatic rings. The molecule has 6 aromatic carbocycles. The second-order valence-corrected chi connectivity index (χ2v) is 14.9. The normalized spacial score (nSPS) is 24.6. The molecule has 0 N–H and O–H groups in total. The van der Waals surface area contributed by atoms with Crippen LogP contribution in [0.5, 0.6) is 0 Å². The molecule has 2 fully saturated rings. The number of hydrogen-bond donors (Lipinski definition) is 0. The van der Waals surface area contributed by atoms with Gasteiger partial charge in [-0.3, -0.25) is 4.98 Å². The summed E-state index contributed by atoms with van der Waals surface area (Å²) < 4.78 is 0. The lowest BCUT2D eigenvalue weighted by Gasteiger charge is -2.54. The van der Waals surface area contributed by atoms with Gasteiger partial charge in [-0.15, -0.1) is 0 Å². The van der Waals surface area contributed by atoms with Crippen LogP contribution in [0.25, 0.3) is 65.8 Å². The highest BCUT2D eigenvalue weighted by Crippen LogP contribution is 2.65. The zero-order valence-corrected chi connectivity index (χ0v) is 27.2. The topological polar surface area (TPSA) is 12.9 Å². The van der Waals surface area contributed by atoms with Gasteiger partial charge in [0.25, 0.3) is 0 Å². The fraction of sp³-hybridized carbons (Fsp3) is 0.239. The van der Waals surface area contributed by atoms with Gasteiger partial charge < -0.3 is 0 Å². The van der Waals surface area contributed by atoms with E-state index in [2.05, 4.69) is 135 Å². The molecule has 0 amide bonds. The standard InChI is InChI=1S/C46H39N/c1-28-23-30-25-29(2)46(33(24-28)26-30)41-18-10-9-13-35(41)36-20-19-32(27-42(36)46)43-37-14-5-7-16-39(37)44(40-17-8-6-15-38(40)43)45-34-12-4-3-11-31(34)21-22-47-45/h3-22,27-30,33H,23-26H2,1-2H3. The average Bonchev–Trinajstić information content (AvgIpc) is 3.40. The maximum Gasteiger partial charge on any atom is 0.0792 e. The van der Waals surface area contributed by atoms with E-state index in [0.29, 0.717) is 11.8 Å². The van der Waals surface area contributed by atoms with E-state index < -0.39 is 0 Å². The molecule has 3 aliphatic carbocycles. The monoisotopic (exact) mass is 605 g/mol. The summed E-state index contributed by atoms with van der Waals surface area (Å²) in [6.07, 6.45) is 7.40. The molecule has 1 aromatic heterocycles. The predicted molar refractivity (Wildman–Crippen MR) is 198 cm³/mol. The Morgan fingerprint density at radius 3 is 1.96 bits per heavy atom. The van der Waals surface area contributed by atoms with E-state index in [9.17, 15) is 0 Å². The van der Waals surface area contributed by atoms with E-state index >= 15 is 0 Å². The smallest absolute Gasteiger partial charge is 0.0792 e. The van der Waals surface area contributed by atoms with Gasteiger partial charge >= 0.3 is 0 Å². The number of nitrogens with zero attached hydrogens (tertiary/aromatic N) is 1. The van der Waals surface area contributed by atoms with Gasteiger partial charge in [0, 0.05) is 22.6 Å². The highest BCUT2D eigenvalue weighted by Gasteiger charge is 2.56. The number of fused-ring (bicyclic) bond motifs is 11. The fourth-order valence-electron chi connectivity index (χ4n) is 10.9. The van der Waals surface area contributed by atoms with Crippen molar-refractivity contribution in [1.29, 1.82) is 0 Å². The highest BCUT2D eigenvalue weighted by atomic mass is 14.7. The third kappa shape index (κ3) is 3.75. The molecule has 1 nitrogen and oxygen atoms in total. The van der Waals surface area contributed by atoms with Crippen molar-refractivity contribution >= 4 is 32.3 Å². The first kappa shape index (κ1) is 27.4. The van der Waals surface area contributed by atoms with Crippen molar-refractivity contribution in [2.75, 3.05) is 0 Å². The molecule has 2 saturated carbocycles. The number of hydrogen-bond acceptors (Lipinski definition) is 1. The molecule has 1 heterocycles. The predicted octanol–water partition coefficient (Wildman–Crippen LogP) is 12.2. The van der Waals surface area contributed by atoms with Crippen LogP contribution in [0.3, 0.4) is 0 Å². The third-order valence-corrected chi connectivity index (χ3v) is 12.4. The largest absolute Gasteiger partial charge is 0.256 e. The van der Waals surface area contributed by atoms with Crippen LogP contribution in [0.1, 0.15) is 50.7 Å². The summed E-state index contributed by atoms with van der Waals surface area (Å²) in [5.41, 5.74) is 11.1. The number of pyridine rings is 1. The lowest BCUT2D eigenvalue weighted by atomic mass is 9.49. The zero-order valence-electron chi connectivity index (χ0n) is 27.2. The summed E-state index contributed by atoms with van der Waals surface area (Å²) in [4.78, 5) is 5.05. The molecule has 0 saturated heterocycles. The van der Waals surface area contributed by atoms with Crippen molar-refractivity contribution in [1.82, 2.24) is 4.98 Å². The van der Waals surface area contributed by atoms with Crippen LogP contribution in [-0.2, 0) is 5.41 Å². The quantitative estimate of drug-likeness (QED) is 0.179. The molecular weight excluding hydrogens is 567 g/mol. The van der Waals surface area contributed by atoms with Crippen LogP contribution in [0, 0.1) is 23.7 Å². The molecule has 228 valence electrons. The van der Waals surface area contributed by atoms with E-state index in [-0.39, 0.29) is 5.41 Å². The second-order valence-electron chi connectivity index (χ2n) is 14.9. The summed E-state index contributed by atoms with van der Waals surface area (Å²) in [6.45, 7) is 5.08. The molecule has 1 spiro atoms. The molecule has 7 aromatic rings. The van der Waals surface area contributed by atoms with Gasteiger partial charge in [0.1, 0.15) is 0 Å². The Morgan fingerprint density at radius 1 is 0.553 bits per heavy atom. The lowest BCUT2D eigenvalue weighted by molar-refractivity contribution is 0.0426. The molecule has 0 aliphatic heterocycles. The van der Waals surface area contributed by atoms with E-state index in [4.69, 9.17) is 4.98 Å². The van der Waals surface area contributed by atoms with Crippen molar-refractivity contribution in [2.24, 2.45) is 23.7 Å². The second kappa shape index (κ2) is 10.1. The fourth-order valence-corrected chi connectivity index (χ4v) is 10.9. The Kier molecular flexibility index (Phi) is 5.90. The minimum atomic E-state index is 0.0749. The third-order valence-electron chi connectivity index (χ3n) is 12.4. The lowest BCUT2D eigenvalue weighted by Crippen LogP contribution is -2.49. The van der Waals surface area contributed by atoms with Gasteiger partial charge in [0.2, 0.25) is 0 Å². The summed E-state index contributed by atoms with van der Waals surface area (Å²) >= 11 is 0. The van der Waals surface area contributed by atoms with E-state index in [0.717, 1.165) is 17.5 Å². The van der Waals surface area contributed by atoms with Gasteiger partial charge in [-0.2, -0.15) is 0 Å². The van der Waals surface area contributed by atoms with Gasteiger partial charge in [-0.1, -0.05) is 123 Å². The number of rotatable bonds is 2. The van der Waals surface area contributed by atoms with Gasteiger partial charge in [-0.25, -0.2) is 0 Å². The minimum Gasteiger partial charge on any atom is -0.256 e. The first-order valence-electron chi connectivity index (χ1n) is 17.6. The number of aromatic nitrogens is 1. The summed E-state index contributed by atoms with van der Waals surface area (Å²) in [5.74, 6) is 2.97. The van der Waals surface area contributed by atoms with Crippen molar-refractivity contribution in [2.45, 2.75) is 44.9 Å². The van der Waals surface area contributed by atoms with E-state index in [1.807, 2.05) is 6.20 Å². The highest BCUT2D eigenvalue weighted by molar-refractivity contribution is 6.23. The molecule has 5 atom stereocenters. The van der Waals surface area contributed by atoms with Crippen molar-refractivity contribution in [3.63, 3.8) is 0 Å². The maximum atomic E-state index is 5.05. The Hall–Kier alpha value is -4.75.